The van der Waals surface area contributed by atoms with Gasteiger partial charge in [-0.15, -0.1) is 12.6 Å². The molecule has 0 spiro atoms. The van der Waals surface area contributed by atoms with Crippen LogP contribution in [0.1, 0.15) is 12.5 Å². The van der Waals surface area contributed by atoms with E-state index in [9.17, 15) is 0 Å². The van der Waals surface area contributed by atoms with Crippen molar-refractivity contribution in [2.45, 2.75) is 18.2 Å². The standard InChI is InChI=1S/C8H11NS/c1-2-6-5-7(10)3-4-8(6)9/h3-5,10H,2,9H2,1H3. The summed E-state index contributed by atoms with van der Waals surface area (Å²) in [7, 11) is 0. The third-order valence-electron chi connectivity index (χ3n) is 1.51. The van der Waals surface area contributed by atoms with Crippen LogP contribution in [0.15, 0.2) is 23.1 Å². The van der Waals surface area contributed by atoms with Crippen molar-refractivity contribution in [3.63, 3.8) is 0 Å². The molecule has 0 heterocycles. The predicted molar refractivity (Wildman–Crippen MR) is 47.5 cm³/mol. The smallest absolute Gasteiger partial charge is 0.0347 e. The van der Waals surface area contributed by atoms with E-state index in [-0.39, 0.29) is 0 Å². The fraction of sp³-hybridized carbons (Fsp3) is 0.250. The summed E-state index contributed by atoms with van der Waals surface area (Å²) in [4.78, 5) is 0.978. The van der Waals surface area contributed by atoms with Gasteiger partial charge in [-0.05, 0) is 30.2 Å². The quantitative estimate of drug-likeness (QED) is 0.469. The average molecular weight is 153 g/mol. The summed E-state index contributed by atoms with van der Waals surface area (Å²) >= 11 is 4.20. The minimum atomic E-state index is 0.861. The van der Waals surface area contributed by atoms with Crippen LogP contribution in [-0.4, -0.2) is 0 Å². The molecular weight excluding hydrogens is 142 g/mol. The summed E-state index contributed by atoms with van der Waals surface area (Å²) in [6.45, 7) is 2.08. The Morgan fingerprint density at radius 3 is 2.70 bits per heavy atom. The maximum absolute atomic E-state index is 5.67. The van der Waals surface area contributed by atoms with Gasteiger partial charge in [0.1, 0.15) is 0 Å². The van der Waals surface area contributed by atoms with Crippen molar-refractivity contribution in [2.75, 3.05) is 5.73 Å². The minimum Gasteiger partial charge on any atom is -0.399 e. The van der Waals surface area contributed by atoms with Gasteiger partial charge in [0.15, 0.2) is 0 Å². The Hall–Kier alpha value is -0.630. The lowest BCUT2D eigenvalue weighted by Crippen LogP contribution is -1.91. The normalized spacial score (nSPS) is 9.80. The van der Waals surface area contributed by atoms with Crippen molar-refractivity contribution in [3.8, 4) is 0 Å². The summed E-state index contributed by atoms with van der Waals surface area (Å²) in [6.07, 6.45) is 0.972. The molecule has 0 bridgehead atoms. The van der Waals surface area contributed by atoms with Crippen LogP contribution >= 0.6 is 12.6 Å². The van der Waals surface area contributed by atoms with Crippen LogP contribution in [0.4, 0.5) is 5.69 Å². The van der Waals surface area contributed by atoms with Gasteiger partial charge in [-0.3, -0.25) is 0 Å². The number of benzene rings is 1. The molecule has 1 rings (SSSR count). The molecule has 0 amide bonds. The number of hydrogen-bond acceptors (Lipinski definition) is 2. The zero-order valence-electron chi connectivity index (χ0n) is 5.96. The van der Waals surface area contributed by atoms with E-state index >= 15 is 0 Å². The largest absolute Gasteiger partial charge is 0.399 e. The van der Waals surface area contributed by atoms with Crippen molar-refractivity contribution in [1.82, 2.24) is 0 Å². The molecule has 0 atom stereocenters. The van der Waals surface area contributed by atoms with Crippen molar-refractivity contribution < 1.29 is 0 Å². The Morgan fingerprint density at radius 1 is 1.50 bits per heavy atom. The van der Waals surface area contributed by atoms with E-state index in [1.807, 2.05) is 18.2 Å². The lowest BCUT2D eigenvalue weighted by molar-refractivity contribution is 1.13. The first-order valence-electron chi connectivity index (χ1n) is 3.31. The van der Waals surface area contributed by atoms with Crippen LogP contribution < -0.4 is 5.73 Å². The van der Waals surface area contributed by atoms with Gasteiger partial charge in [-0.25, -0.2) is 0 Å². The first kappa shape index (κ1) is 7.48. The molecule has 1 aromatic carbocycles. The highest BCUT2D eigenvalue weighted by Gasteiger charge is 1.94. The first-order chi connectivity index (χ1) is 4.74. The maximum Gasteiger partial charge on any atom is 0.0347 e. The Bertz CT molecular complexity index is 233. The zero-order chi connectivity index (χ0) is 7.56. The van der Waals surface area contributed by atoms with Crippen LogP contribution in [0.2, 0.25) is 0 Å². The highest BCUT2D eigenvalue weighted by atomic mass is 32.1. The van der Waals surface area contributed by atoms with E-state index in [4.69, 9.17) is 5.73 Å². The van der Waals surface area contributed by atoms with Crippen LogP contribution in [-0.2, 0) is 6.42 Å². The molecule has 0 saturated carbocycles. The molecule has 0 aromatic heterocycles. The molecule has 1 nitrogen and oxygen atoms in total. The molecule has 0 unspecified atom stereocenters. The molecule has 0 saturated heterocycles. The lowest BCUT2D eigenvalue weighted by atomic mass is 10.1. The monoisotopic (exact) mass is 153 g/mol. The summed E-state index contributed by atoms with van der Waals surface area (Å²) < 4.78 is 0. The van der Waals surface area contributed by atoms with E-state index in [1.165, 1.54) is 5.56 Å². The number of anilines is 1. The van der Waals surface area contributed by atoms with Gasteiger partial charge in [-0.1, -0.05) is 6.92 Å². The first-order valence-corrected chi connectivity index (χ1v) is 3.76. The van der Waals surface area contributed by atoms with Gasteiger partial charge < -0.3 is 5.73 Å². The molecule has 2 N–H and O–H groups in total. The van der Waals surface area contributed by atoms with E-state index in [0.717, 1.165) is 17.0 Å². The second kappa shape index (κ2) is 2.97. The molecule has 0 aliphatic carbocycles. The lowest BCUT2D eigenvalue weighted by Gasteiger charge is -2.01. The fourth-order valence-corrected chi connectivity index (χ4v) is 1.13. The van der Waals surface area contributed by atoms with Gasteiger partial charge in [-0.2, -0.15) is 0 Å². The average Bonchev–Trinajstić information content (AvgIpc) is 1.94. The van der Waals surface area contributed by atoms with Crippen molar-refractivity contribution >= 4 is 18.3 Å². The molecule has 0 fully saturated rings. The highest BCUT2D eigenvalue weighted by Crippen LogP contribution is 2.16. The summed E-state index contributed by atoms with van der Waals surface area (Å²) in [5.41, 5.74) is 7.70. The Morgan fingerprint density at radius 2 is 2.20 bits per heavy atom. The molecule has 0 aliphatic heterocycles. The molecule has 0 radical (unpaired) electrons. The molecule has 1 aromatic rings. The maximum atomic E-state index is 5.67. The van der Waals surface area contributed by atoms with Gasteiger partial charge in [0.05, 0.1) is 0 Å². The van der Waals surface area contributed by atoms with Gasteiger partial charge in [0.25, 0.3) is 0 Å². The number of hydrogen-bond donors (Lipinski definition) is 2. The van der Waals surface area contributed by atoms with Crippen LogP contribution in [0.5, 0.6) is 0 Å². The number of nitrogen functional groups attached to an aromatic ring is 1. The van der Waals surface area contributed by atoms with E-state index in [1.54, 1.807) is 0 Å². The predicted octanol–water partition coefficient (Wildman–Crippen LogP) is 2.12. The summed E-state index contributed by atoms with van der Waals surface area (Å²) in [6, 6.07) is 5.79. The van der Waals surface area contributed by atoms with Gasteiger partial charge >= 0.3 is 0 Å². The number of nitrogens with two attached hydrogens (primary N) is 1. The molecular formula is C8H11NS. The molecule has 54 valence electrons. The molecule has 0 aliphatic rings. The van der Waals surface area contributed by atoms with Crippen LogP contribution in [0.25, 0.3) is 0 Å². The summed E-state index contributed by atoms with van der Waals surface area (Å²) in [5, 5.41) is 0. The number of rotatable bonds is 1. The van der Waals surface area contributed by atoms with Crippen molar-refractivity contribution in [2.24, 2.45) is 0 Å². The van der Waals surface area contributed by atoms with Crippen LogP contribution in [0.3, 0.4) is 0 Å². The van der Waals surface area contributed by atoms with Crippen LogP contribution in [0, 0.1) is 0 Å². The zero-order valence-corrected chi connectivity index (χ0v) is 6.86. The Kier molecular flexibility index (Phi) is 2.22. The SMILES string of the molecule is CCc1cc(S)ccc1N. The van der Waals surface area contributed by atoms with E-state index < -0.39 is 0 Å². The third kappa shape index (κ3) is 1.45. The Balaban J connectivity index is 3.09. The molecule has 2 heteroatoms. The van der Waals surface area contributed by atoms with Gasteiger partial charge in [0, 0.05) is 10.6 Å². The number of aryl methyl sites for hydroxylation is 1. The molecule has 10 heavy (non-hydrogen) atoms. The van der Waals surface area contributed by atoms with Gasteiger partial charge in [0.2, 0.25) is 0 Å². The third-order valence-corrected chi connectivity index (χ3v) is 1.79. The second-order valence-corrected chi connectivity index (χ2v) is 2.75. The Labute approximate surface area is 66.7 Å². The summed E-state index contributed by atoms with van der Waals surface area (Å²) in [5.74, 6) is 0. The minimum absolute atomic E-state index is 0.861. The number of thiol groups is 1. The second-order valence-electron chi connectivity index (χ2n) is 2.24. The fourth-order valence-electron chi connectivity index (χ4n) is 0.898. The van der Waals surface area contributed by atoms with Crippen molar-refractivity contribution in [1.29, 1.82) is 0 Å². The topological polar surface area (TPSA) is 26.0 Å². The van der Waals surface area contributed by atoms with E-state index in [0.29, 0.717) is 0 Å². The van der Waals surface area contributed by atoms with E-state index in [2.05, 4.69) is 19.6 Å². The highest BCUT2D eigenvalue weighted by molar-refractivity contribution is 7.80. The van der Waals surface area contributed by atoms with Crippen molar-refractivity contribution in [3.05, 3.63) is 23.8 Å².